The van der Waals surface area contributed by atoms with Gasteiger partial charge in [-0.25, -0.2) is 0 Å². The maximum absolute atomic E-state index is 12.6. The number of rotatable bonds is 4. The SMILES string of the molecule is O=C(Nc1ccc2c(c1)OCO2)C1CCN(Cc2ccccc2Cl)CC1. The smallest absolute Gasteiger partial charge is 0.231 e. The Morgan fingerprint density at radius 1 is 1.12 bits per heavy atom. The highest BCUT2D eigenvalue weighted by Crippen LogP contribution is 2.34. The molecule has 1 saturated heterocycles. The van der Waals surface area contributed by atoms with Gasteiger partial charge in [0.15, 0.2) is 11.5 Å². The first-order valence-electron chi connectivity index (χ1n) is 8.85. The van der Waals surface area contributed by atoms with E-state index in [1.54, 1.807) is 0 Å². The number of hydrogen-bond donors (Lipinski definition) is 1. The summed E-state index contributed by atoms with van der Waals surface area (Å²) in [6, 6.07) is 13.4. The van der Waals surface area contributed by atoms with Crippen molar-refractivity contribution in [3.05, 3.63) is 53.1 Å². The number of ether oxygens (including phenoxy) is 2. The molecule has 0 saturated carbocycles. The van der Waals surface area contributed by atoms with Crippen LogP contribution in [-0.4, -0.2) is 30.7 Å². The van der Waals surface area contributed by atoms with Gasteiger partial charge in [-0.3, -0.25) is 9.69 Å². The summed E-state index contributed by atoms with van der Waals surface area (Å²) in [7, 11) is 0. The van der Waals surface area contributed by atoms with Gasteiger partial charge in [-0.05, 0) is 49.7 Å². The zero-order valence-electron chi connectivity index (χ0n) is 14.4. The van der Waals surface area contributed by atoms with Crippen molar-refractivity contribution < 1.29 is 14.3 Å². The summed E-state index contributed by atoms with van der Waals surface area (Å²) < 4.78 is 10.6. The molecule has 0 radical (unpaired) electrons. The maximum Gasteiger partial charge on any atom is 0.231 e. The average Bonchev–Trinajstić information content (AvgIpc) is 3.12. The number of hydrogen-bond acceptors (Lipinski definition) is 4. The Morgan fingerprint density at radius 3 is 2.69 bits per heavy atom. The number of halogens is 1. The normalized spacial score (nSPS) is 17.3. The number of anilines is 1. The van der Waals surface area contributed by atoms with E-state index in [2.05, 4.69) is 16.3 Å². The Labute approximate surface area is 157 Å². The molecule has 0 unspecified atom stereocenters. The van der Waals surface area contributed by atoms with E-state index >= 15 is 0 Å². The predicted octanol–water partition coefficient (Wildman–Crippen LogP) is 3.92. The highest BCUT2D eigenvalue weighted by molar-refractivity contribution is 6.31. The number of nitrogens with zero attached hydrogens (tertiary/aromatic N) is 1. The minimum Gasteiger partial charge on any atom is -0.454 e. The molecular weight excluding hydrogens is 352 g/mol. The third-order valence-electron chi connectivity index (χ3n) is 4.95. The number of fused-ring (bicyclic) bond motifs is 1. The van der Waals surface area contributed by atoms with E-state index in [4.69, 9.17) is 21.1 Å². The monoisotopic (exact) mass is 372 g/mol. The molecule has 26 heavy (non-hydrogen) atoms. The van der Waals surface area contributed by atoms with E-state index in [9.17, 15) is 4.79 Å². The molecular formula is C20H21ClN2O3. The summed E-state index contributed by atoms with van der Waals surface area (Å²) in [4.78, 5) is 14.9. The molecule has 0 aliphatic carbocycles. The van der Waals surface area contributed by atoms with Gasteiger partial charge in [-0.1, -0.05) is 29.8 Å². The number of benzene rings is 2. The Kier molecular flexibility index (Phi) is 5.00. The summed E-state index contributed by atoms with van der Waals surface area (Å²) in [6.45, 7) is 2.85. The minimum atomic E-state index is 0.0305. The first-order chi connectivity index (χ1) is 12.7. The van der Waals surface area contributed by atoms with Crippen molar-refractivity contribution in [1.82, 2.24) is 4.90 Å². The lowest BCUT2D eigenvalue weighted by molar-refractivity contribution is -0.121. The number of nitrogens with one attached hydrogen (secondary N) is 1. The molecule has 6 heteroatoms. The molecule has 1 N–H and O–H groups in total. The van der Waals surface area contributed by atoms with E-state index in [1.807, 2.05) is 36.4 Å². The highest BCUT2D eigenvalue weighted by Gasteiger charge is 2.25. The second-order valence-corrected chi connectivity index (χ2v) is 7.11. The van der Waals surface area contributed by atoms with Gasteiger partial charge >= 0.3 is 0 Å². The molecule has 0 spiro atoms. The minimum absolute atomic E-state index is 0.0305. The van der Waals surface area contributed by atoms with E-state index in [1.165, 1.54) is 0 Å². The summed E-state index contributed by atoms with van der Waals surface area (Å²) in [5.41, 5.74) is 1.88. The van der Waals surface area contributed by atoms with Crippen LogP contribution in [0.4, 0.5) is 5.69 Å². The Morgan fingerprint density at radius 2 is 1.88 bits per heavy atom. The Bertz CT molecular complexity index is 803. The zero-order valence-corrected chi connectivity index (χ0v) is 15.2. The standard InChI is InChI=1S/C20H21ClN2O3/c21-17-4-2-1-3-15(17)12-23-9-7-14(8-10-23)20(24)22-16-5-6-18-19(11-16)26-13-25-18/h1-6,11,14H,7-10,12-13H2,(H,22,24). The summed E-state index contributed by atoms with van der Waals surface area (Å²) in [6.07, 6.45) is 1.70. The maximum atomic E-state index is 12.6. The second kappa shape index (κ2) is 7.56. The van der Waals surface area contributed by atoms with Crippen molar-refractivity contribution in [3.63, 3.8) is 0 Å². The Hall–Kier alpha value is -2.24. The average molecular weight is 373 g/mol. The lowest BCUT2D eigenvalue weighted by Crippen LogP contribution is -2.37. The molecule has 2 aliphatic rings. The molecule has 0 bridgehead atoms. The van der Waals surface area contributed by atoms with Crippen molar-refractivity contribution in [2.24, 2.45) is 5.92 Å². The van der Waals surface area contributed by atoms with Crippen molar-refractivity contribution in [2.45, 2.75) is 19.4 Å². The van der Waals surface area contributed by atoms with Crippen molar-refractivity contribution in [1.29, 1.82) is 0 Å². The largest absolute Gasteiger partial charge is 0.454 e. The molecule has 1 fully saturated rings. The number of carbonyl (C=O) groups excluding carboxylic acids is 1. The van der Waals surface area contributed by atoms with Gasteiger partial charge in [0.1, 0.15) is 0 Å². The van der Waals surface area contributed by atoms with Gasteiger partial charge in [-0.2, -0.15) is 0 Å². The summed E-state index contributed by atoms with van der Waals surface area (Å²) in [5, 5.41) is 3.80. The molecule has 1 amide bonds. The fourth-order valence-corrected chi connectivity index (χ4v) is 3.63. The van der Waals surface area contributed by atoms with Crippen molar-refractivity contribution >= 4 is 23.2 Å². The highest BCUT2D eigenvalue weighted by atomic mass is 35.5. The number of amides is 1. The fraction of sp³-hybridized carbons (Fsp3) is 0.350. The lowest BCUT2D eigenvalue weighted by Gasteiger charge is -2.31. The van der Waals surface area contributed by atoms with E-state index < -0.39 is 0 Å². The molecule has 2 aliphatic heterocycles. The van der Waals surface area contributed by atoms with Crippen LogP contribution in [0, 0.1) is 5.92 Å². The van der Waals surface area contributed by atoms with Crippen molar-refractivity contribution in [2.75, 3.05) is 25.2 Å². The van der Waals surface area contributed by atoms with Gasteiger partial charge in [0.25, 0.3) is 0 Å². The van der Waals surface area contributed by atoms with Crippen LogP contribution in [0.2, 0.25) is 5.02 Å². The molecule has 2 aromatic rings. The van der Waals surface area contributed by atoms with Gasteiger partial charge in [-0.15, -0.1) is 0 Å². The number of piperidine rings is 1. The summed E-state index contributed by atoms with van der Waals surface area (Å²) in [5.74, 6) is 1.50. The first kappa shape index (κ1) is 17.2. The van der Waals surface area contributed by atoms with Crippen LogP contribution >= 0.6 is 11.6 Å². The van der Waals surface area contributed by atoms with Crippen LogP contribution in [0.5, 0.6) is 11.5 Å². The third-order valence-corrected chi connectivity index (χ3v) is 5.32. The van der Waals surface area contributed by atoms with Crippen LogP contribution in [0.1, 0.15) is 18.4 Å². The van der Waals surface area contributed by atoms with E-state index in [0.717, 1.165) is 54.5 Å². The predicted molar refractivity (Wildman–Crippen MR) is 101 cm³/mol. The van der Waals surface area contributed by atoms with Crippen LogP contribution in [0.25, 0.3) is 0 Å². The second-order valence-electron chi connectivity index (χ2n) is 6.70. The summed E-state index contributed by atoms with van der Waals surface area (Å²) >= 11 is 6.24. The van der Waals surface area contributed by atoms with Gasteiger partial charge in [0.05, 0.1) is 0 Å². The molecule has 5 nitrogen and oxygen atoms in total. The van der Waals surface area contributed by atoms with Gasteiger partial charge < -0.3 is 14.8 Å². The van der Waals surface area contributed by atoms with Crippen LogP contribution in [0.15, 0.2) is 42.5 Å². The molecule has 136 valence electrons. The molecule has 2 aromatic carbocycles. The van der Waals surface area contributed by atoms with Crippen LogP contribution < -0.4 is 14.8 Å². The number of likely N-dealkylation sites (tertiary alicyclic amines) is 1. The third kappa shape index (κ3) is 3.79. The quantitative estimate of drug-likeness (QED) is 0.883. The lowest BCUT2D eigenvalue weighted by atomic mass is 9.95. The molecule has 4 rings (SSSR count). The van der Waals surface area contributed by atoms with E-state index in [0.29, 0.717) is 5.75 Å². The van der Waals surface area contributed by atoms with Gasteiger partial charge in [0, 0.05) is 29.2 Å². The molecule has 0 atom stereocenters. The number of carbonyl (C=O) groups is 1. The topological polar surface area (TPSA) is 50.8 Å². The van der Waals surface area contributed by atoms with Crippen LogP contribution in [0.3, 0.4) is 0 Å². The Balaban J connectivity index is 1.30. The van der Waals surface area contributed by atoms with Gasteiger partial charge in [0.2, 0.25) is 12.7 Å². The first-order valence-corrected chi connectivity index (χ1v) is 9.23. The fourth-order valence-electron chi connectivity index (χ4n) is 3.44. The zero-order chi connectivity index (χ0) is 17.9. The van der Waals surface area contributed by atoms with Crippen molar-refractivity contribution in [3.8, 4) is 11.5 Å². The molecule has 0 aromatic heterocycles. The molecule has 2 heterocycles. The van der Waals surface area contributed by atoms with Crippen LogP contribution in [-0.2, 0) is 11.3 Å². The van der Waals surface area contributed by atoms with E-state index in [-0.39, 0.29) is 18.6 Å².